The first-order valence-electron chi connectivity index (χ1n) is 7.38. The van der Waals surface area contributed by atoms with Crippen LogP contribution in [-0.2, 0) is 9.59 Å². The van der Waals surface area contributed by atoms with Gasteiger partial charge in [-0.05, 0) is 32.4 Å². The minimum absolute atomic E-state index is 0.0794. The molecule has 122 valence electrons. The first kappa shape index (κ1) is 17.8. The number of carbonyl (C=O) groups excluding carboxylic acids is 1. The third kappa shape index (κ3) is 6.97. The van der Waals surface area contributed by atoms with E-state index in [9.17, 15) is 9.59 Å². The van der Waals surface area contributed by atoms with E-state index in [0.29, 0.717) is 37.6 Å². The Morgan fingerprint density at radius 1 is 1.23 bits per heavy atom. The van der Waals surface area contributed by atoms with Crippen LogP contribution in [0.2, 0.25) is 0 Å². The standard InChI is InChI=1S/C16H23NO5/c1-3-21-13-7-4-5-8-14(13)22-10-6-9-15(18)17-12(2)11-16(19)20/h4-5,7-8,12H,3,6,9-11H2,1-2H3,(H,17,18)(H,19,20). The summed E-state index contributed by atoms with van der Waals surface area (Å²) in [7, 11) is 0. The lowest BCUT2D eigenvalue weighted by atomic mass is 10.2. The molecule has 0 aliphatic rings. The molecule has 0 bridgehead atoms. The molecule has 0 fully saturated rings. The molecule has 0 saturated heterocycles. The second-order valence-corrected chi connectivity index (χ2v) is 4.90. The van der Waals surface area contributed by atoms with E-state index < -0.39 is 5.97 Å². The minimum Gasteiger partial charge on any atom is -0.490 e. The Balaban J connectivity index is 2.27. The lowest BCUT2D eigenvalue weighted by Gasteiger charge is -2.13. The fourth-order valence-corrected chi connectivity index (χ4v) is 1.92. The number of ether oxygens (including phenoxy) is 2. The van der Waals surface area contributed by atoms with Gasteiger partial charge in [0, 0.05) is 12.5 Å². The molecule has 1 atom stereocenters. The van der Waals surface area contributed by atoms with Gasteiger partial charge in [0.15, 0.2) is 11.5 Å². The van der Waals surface area contributed by atoms with Crippen molar-refractivity contribution < 1.29 is 24.2 Å². The number of hydrogen-bond acceptors (Lipinski definition) is 4. The Labute approximate surface area is 130 Å². The highest BCUT2D eigenvalue weighted by Crippen LogP contribution is 2.26. The summed E-state index contributed by atoms with van der Waals surface area (Å²) < 4.78 is 11.1. The molecule has 0 radical (unpaired) electrons. The first-order chi connectivity index (χ1) is 10.5. The van der Waals surface area contributed by atoms with Gasteiger partial charge in [0.25, 0.3) is 0 Å². The molecule has 6 heteroatoms. The van der Waals surface area contributed by atoms with Crippen molar-refractivity contribution in [1.82, 2.24) is 5.32 Å². The molecular weight excluding hydrogens is 286 g/mol. The number of carboxylic acids is 1. The number of nitrogens with one attached hydrogen (secondary N) is 1. The van der Waals surface area contributed by atoms with Crippen LogP contribution in [0.25, 0.3) is 0 Å². The molecule has 1 unspecified atom stereocenters. The molecule has 0 heterocycles. The predicted octanol–water partition coefficient (Wildman–Crippen LogP) is 2.22. The maximum atomic E-state index is 11.6. The van der Waals surface area contributed by atoms with Crippen LogP contribution in [0, 0.1) is 0 Å². The maximum absolute atomic E-state index is 11.6. The van der Waals surface area contributed by atoms with Gasteiger partial charge >= 0.3 is 5.97 Å². The van der Waals surface area contributed by atoms with Crippen molar-refractivity contribution in [3.63, 3.8) is 0 Å². The normalized spacial score (nSPS) is 11.5. The van der Waals surface area contributed by atoms with E-state index in [0.717, 1.165) is 0 Å². The Morgan fingerprint density at radius 3 is 2.45 bits per heavy atom. The summed E-state index contributed by atoms with van der Waals surface area (Å²) in [4.78, 5) is 22.1. The van der Waals surface area contributed by atoms with Crippen LogP contribution in [0.5, 0.6) is 11.5 Å². The number of aliphatic carboxylic acids is 1. The molecule has 0 aliphatic heterocycles. The number of rotatable bonds is 10. The van der Waals surface area contributed by atoms with Crippen LogP contribution >= 0.6 is 0 Å². The third-order valence-electron chi connectivity index (χ3n) is 2.84. The zero-order chi connectivity index (χ0) is 16.4. The van der Waals surface area contributed by atoms with Crippen molar-refractivity contribution in [1.29, 1.82) is 0 Å². The highest BCUT2D eigenvalue weighted by atomic mass is 16.5. The van der Waals surface area contributed by atoms with Gasteiger partial charge in [0.2, 0.25) is 5.91 Å². The average Bonchev–Trinajstić information content (AvgIpc) is 2.44. The molecular formula is C16H23NO5. The van der Waals surface area contributed by atoms with Crippen molar-refractivity contribution in [2.45, 2.75) is 39.2 Å². The third-order valence-corrected chi connectivity index (χ3v) is 2.84. The zero-order valence-electron chi connectivity index (χ0n) is 13.0. The monoisotopic (exact) mass is 309 g/mol. The summed E-state index contributed by atoms with van der Waals surface area (Å²) in [5.41, 5.74) is 0. The van der Waals surface area contributed by atoms with E-state index in [4.69, 9.17) is 14.6 Å². The van der Waals surface area contributed by atoms with Crippen LogP contribution < -0.4 is 14.8 Å². The molecule has 1 rings (SSSR count). The molecule has 6 nitrogen and oxygen atoms in total. The van der Waals surface area contributed by atoms with E-state index in [2.05, 4.69) is 5.32 Å². The molecule has 1 aromatic carbocycles. The van der Waals surface area contributed by atoms with E-state index in [1.54, 1.807) is 6.92 Å². The van der Waals surface area contributed by atoms with Crippen LogP contribution in [-0.4, -0.2) is 36.2 Å². The van der Waals surface area contributed by atoms with Crippen molar-refractivity contribution >= 4 is 11.9 Å². The molecule has 2 N–H and O–H groups in total. The van der Waals surface area contributed by atoms with E-state index in [1.807, 2.05) is 31.2 Å². The fraction of sp³-hybridized carbons (Fsp3) is 0.500. The van der Waals surface area contributed by atoms with E-state index in [1.165, 1.54) is 0 Å². The Bertz CT molecular complexity index is 489. The molecule has 22 heavy (non-hydrogen) atoms. The molecule has 1 amide bonds. The van der Waals surface area contributed by atoms with Gasteiger partial charge in [-0.1, -0.05) is 12.1 Å². The van der Waals surface area contributed by atoms with Gasteiger partial charge in [-0.3, -0.25) is 9.59 Å². The summed E-state index contributed by atoms with van der Waals surface area (Å²) in [6.45, 7) is 4.52. The van der Waals surface area contributed by atoms with Crippen LogP contribution in [0.4, 0.5) is 0 Å². The first-order valence-corrected chi connectivity index (χ1v) is 7.38. The van der Waals surface area contributed by atoms with E-state index >= 15 is 0 Å². The van der Waals surface area contributed by atoms with Crippen LogP contribution in [0.1, 0.15) is 33.1 Å². The number of benzene rings is 1. The quantitative estimate of drug-likeness (QED) is 0.647. The van der Waals surface area contributed by atoms with Gasteiger partial charge in [-0.2, -0.15) is 0 Å². The largest absolute Gasteiger partial charge is 0.490 e. The smallest absolute Gasteiger partial charge is 0.305 e. The number of amides is 1. The van der Waals surface area contributed by atoms with Crippen molar-refractivity contribution in [3.8, 4) is 11.5 Å². The maximum Gasteiger partial charge on any atom is 0.305 e. The topological polar surface area (TPSA) is 84.9 Å². The summed E-state index contributed by atoms with van der Waals surface area (Å²) >= 11 is 0. The average molecular weight is 309 g/mol. The lowest BCUT2D eigenvalue weighted by Crippen LogP contribution is -2.34. The second kappa shape index (κ2) is 9.65. The minimum atomic E-state index is -0.927. The van der Waals surface area contributed by atoms with Gasteiger partial charge in [-0.25, -0.2) is 0 Å². The number of para-hydroxylation sites is 2. The Kier molecular flexibility index (Phi) is 7.81. The van der Waals surface area contributed by atoms with Gasteiger partial charge in [0.1, 0.15) is 0 Å². The predicted molar refractivity (Wildman–Crippen MR) is 82.2 cm³/mol. The fourth-order valence-electron chi connectivity index (χ4n) is 1.92. The number of carboxylic acid groups (broad SMARTS) is 1. The highest BCUT2D eigenvalue weighted by Gasteiger charge is 2.11. The second-order valence-electron chi connectivity index (χ2n) is 4.90. The molecule has 0 aromatic heterocycles. The van der Waals surface area contributed by atoms with E-state index in [-0.39, 0.29) is 18.4 Å². The SMILES string of the molecule is CCOc1ccccc1OCCCC(=O)NC(C)CC(=O)O. The number of hydrogen-bond donors (Lipinski definition) is 2. The summed E-state index contributed by atoms with van der Waals surface area (Å²) in [5, 5.41) is 11.3. The van der Waals surface area contributed by atoms with Crippen LogP contribution in [0.15, 0.2) is 24.3 Å². The molecule has 1 aromatic rings. The summed E-state index contributed by atoms with van der Waals surface area (Å²) in [6.07, 6.45) is 0.761. The molecule has 0 saturated carbocycles. The summed E-state index contributed by atoms with van der Waals surface area (Å²) in [6, 6.07) is 7.01. The Hall–Kier alpha value is -2.24. The number of carbonyl (C=O) groups is 2. The van der Waals surface area contributed by atoms with Crippen LogP contribution in [0.3, 0.4) is 0 Å². The summed E-state index contributed by atoms with van der Waals surface area (Å²) in [5.74, 6) is 0.243. The van der Waals surface area contributed by atoms with Crippen molar-refractivity contribution in [3.05, 3.63) is 24.3 Å². The molecule has 0 aliphatic carbocycles. The Morgan fingerprint density at radius 2 is 1.86 bits per heavy atom. The molecule has 0 spiro atoms. The van der Waals surface area contributed by atoms with Gasteiger partial charge in [-0.15, -0.1) is 0 Å². The van der Waals surface area contributed by atoms with Gasteiger partial charge < -0.3 is 19.9 Å². The van der Waals surface area contributed by atoms with Gasteiger partial charge in [0.05, 0.1) is 19.6 Å². The zero-order valence-corrected chi connectivity index (χ0v) is 13.0. The van der Waals surface area contributed by atoms with Crippen molar-refractivity contribution in [2.24, 2.45) is 0 Å². The van der Waals surface area contributed by atoms with Crippen molar-refractivity contribution in [2.75, 3.05) is 13.2 Å². The lowest BCUT2D eigenvalue weighted by molar-refractivity contribution is -0.137. The highest BCUT2D eigenvalue weighted by molar-refractivity contribution is 5.77.